The summed E-state index contributed by atoms with van der Waals surface area (Å²) < 4.78 is 0. The molecule has 0 bridgehead atoms. The third kappa shape index (κ3) is 5.97. The van der Waals surface area contributed by atoms with Crippen LogP contribution in [0.3, 0.4) is 0 Å². The van der Waals surface area contributed by atoms with Gasteiger partial charge in [-0.3, -0.25) is 9.69 Å². The molecule has 3 aromatic rings. The maximum absolute atomic E-state index is 12.8. The van der Waals surface area contributed by atoms with Crippen molar-refractivity contribution in [1.82, 2.24) is 24.7 Å². The first-order chi connectivity index (χ1) is 16.0. The monoisotopic (exact) mass is 447 g/mol. The van der Waals surface area contributed by atoms with Crippen LogP contribution in [0.1, 0.15) is 22.6 Å². The van der Waals surface area contributed by atoms with E-state index < -0.39 is 0 Å². The molecule has 0 spiro atoms. The largest absolute Gasteiger partial charge is 0.399 e. The van der Waals surface area contributed by atoms with Crippen molar-refractivity contribution in [1.29, 1.82) is 0 Å². The maximum Gasteiger partial charge on any atom is 0.253 e. The van der Waals surface area contributed by atoms with Crippen LogP contribution in [-0.2, 0) is 6.54 Å². The Morgan fingerprint density at radius 1 is 1.03 bits per heavy atom. The van der Waals surface area contributed by atoms with E-state index in [4.69, 9.17) is 15.7 Å². The number of carbonyl (C=O) groups excluding carboxylic acids is 1. The number of anilines is 2. The molecular weight excluding hydrogens is 414 g/mol. The van der Waals surface area contributed by atoms with Crippen LogP contribution in [-0.4, -0.2) is 83.9 Å². The summed E-state index contributed by atoms with van der Waals surface area (Å²) in [5, 5.41) is 4.55. The zero-order valence-electron chi connectivity index (χ0n) is 19.5. The highest BCUT2D eigenvalue weighted by atomic mass is 16.2. The first-order valence-corrected chi connectivity index (χ1v) is 11.5. The van der Waals surface area contributed by atoms with E-state index in [0.717, 1.165) is 55.1 Å². The number of nitrogens with zero attached hydrogens (tertiary/aromatic N) is 5. The highest BCUT2D eigenvalue weighted by Crippen LogP contribution is 2.21. The van der Waals surface area contributed by atoms with Crippen LogP contribution >= 0.6 is 0 Å². The number of nitrogen functional groups attached to an aromatic ring is 1. The van der Waals surface area contributed by atoms with E-state index in [-0.39, 0.29) is 5.91 Å². The van der Waals surface area contributed by atoms with Crippen LogP contribution in [0.4, 0.5) is 11.5 Å². The Balaban J connectivity index is 1.38. The molecule has 174 valence electrons. The fourth-order valence-corrected chi connectivity index (χ4v) is 4.05. The molecule has 0 atom stereocenters. The van der Waals surface area contributed by atoms with E-state index in [9.17, 15) is 4.79 Å². The molecule has 8 heteroatoms. The van der Waals surface area contributed by atoms with Crippen LogP contribution in [0.2, 0.25) is 0 Å². The van der Waals surface area contributed by atoms with Crippen molar-refractivity contribution < 1.29 is 4.79 Å². The van der Waals surface area contributed by atoms with Gasteiger partial charge in [-0.15, -0.1) is 0 Å². The van der Waals surface area contributed by atoms with E-state index in [1.165, 1.54) is 0 Å². The first-order valence-electron chi connectivity index (χ1n) is 11.5. The summed E-state index contributed by atoms with van der Waals surface area (Å²) in [6.45, 7) is 5.53. The molecule has 0 saturated carbocycles. The first kappa shape index (κ1) is 22.9. The molecular formula is C25H33N7O. The fraction of sp³-hybridized carbons (Fsp3) is 0.400. The maximum atomic E-state index is 12.8. The second-order valence-corrected chi connectivity index (χ2v) is 8.78. The number of hydrogen-bond donors (Lipinski definition) is 2. The number of rotatable bonds is 8. The van der Waals surface area contributed by atoms with Crippen molar-refractivity contribution in [2.24, 2.45) is 0 Å². The molecule has 2 heterocycles. The molecule has 1 aromatic heterocycles. The predicted octanol–water partition coefficient (Wildman–Crippen LogP) is 2.53. The molecule has 3 N–H and O–H groups in total. The van der Waals surface area contributed by atoms with Crippen LogP contribution < -0.4 is 11.1 Å². The van der Waals surface area contributed by atoms with Crippen LogP contribution in [0.5, 0.6) is 0 Å². The average molecular weight is 448 g/mol. The van der Waals surface area contributed by atoms with Gasteiger partial charge in [-0.2, -0.15) is 0 Å². The van der Waals surface area contributed by atoms with Crippen LogP contribution in [0, 0.1) is 0 Å². The fourth-order valence-electron chi connectivity index (χ4n) is 4.05. The molecule has 1 fully saturated rings. The van der Waals surface area contributed by atoms with E-state index in [2.05, 4.69) is 35.3 Å². The van der Waals surface area contributed by atoms with Crippen LogP contribution in [0.25, 0.3) is 10.9 Å². The van der Waals surface area contributed by atoms with E-state index in [1.807, 2.05) is 23.1 Å². The number of piperazine rings is 1. The van der Waals surface area contributed by atoms with E-state index in [1.54, 1.807) is 24.3 Å². The Kier molecular flexibility index (Phi) is 7.36. The number of fused-ring (bicyclic) bond motifs is 1. The molecule has 1 saturated heterocycles. The molecule has 0 unspecified atom stereocenters. The number of nitrogens with two attached hydrogens (primary N) is 1. The molecule has 4 rings (SSSR count). The lowest BCUT2D eigenvalue weighted by molar-refractivity contribution is 0.0625. The summed E-state index contributed by atoms with van der Waals surface area (Å²) in [6.07, 6.45) is 1.05. The molecule has 0 aliphatic carbocycles. The van der Waals surface area contributed by atoms with Crippen molar-refractivity contribution in [3.05, 3.63) is 59.9 Å². The number of para-hydroxylation sites is 1. The van der Waals surface area contributed by atoms with E-state index in [0.29, 0.717) is 30.9 Å². The Labute approximate surface area is 195 Å². The summed E-state index contributed by atoms with van der Waals surface area (Å²) >= 11 is 0. The smallest absolute Gasteiger partial charge is 0.253 e. The quantitative estimate of drug-likeness (QED) is 0.405. The lowest BCUT2D eigenvalue weighted by Crippen LogP contribution is -2.48. The Morgan fingerprint density at radius 2 is 1.76 bits per heavy atom. The van der Waals surface area contributed by atoms with Gasteiger partial charge >= 0.3 is 0 Å². The normalized spacial score (nSPS) is 14.7. The second kappa shape index (κ2) is 10.6. The minimum absolute atomic E-state index is 0.0563. The van der Waals surface area contributed by atoms with Gasteiger partial charge in [-0.25, -0.2) is 9.97 Å². The molecule has 2 aromatic carbocycles. The third-order valence-electron chi connectivity index (χ3n) is 5.91. The minimum atomic E-state index is 0.0563. The molecule has 1 aliphatic rings. The number of nitrogens with one attached hydrogen (secondary N) is 1. The number of amides is 1. The van der Waals surface area contributed by atoms with Crippen molar-refractivity contribution >= 4 is 28.3 Å². The van der Waals surface area contributed by atoms with Crippen molar-refractivity contribution in [2.75, 3.05) is 64.4 Å². The average Bonchev–Trinajstić information content (AvgIpc) is 2.82. The highest BCUT2D eigenvalue weighted by molar-refractivity contribution is 5.94. The topological polar surface area (TPSA) is 90.6 Å². The van der Waals surface area contributed by atoms with Gasteiger partial charge in [0, 0.05) is 49.4 Å². The highest BCUT2D eigenvalue weighted by Gasteiger charge is 2.23. The van der Waals surface area contributed by atoms with E-state index >= 15 is 0 Å². The number of benzene rings is 2. The molecule has 1 amide bonds. The van der Waals surface area contributed by atoms with Gasteiger partial charge in [-0.05, 0) is 63.5 Å². The summed E-state index contributed by atoms with van der Waals surface area (Å²) in [5.74, 6) is 1.76. The second-order valence-electron chi connectivity index (χ2n) is 8.78. The number of carbonyl (C=O) groups is 1. The number of aromatic nitrogens is 2. The van der Waals surface area contributed by atoms with Crippen molar-refractivity contribution in [3.8, 4) is 0 Å². The zero-order valence-corrected chi connectivity index (χ0v) is 19.5. The molecule has 33 heavy (non-hydrogen) atoms. The van der Waals surface area contributed by atoms with Gasteiger partial charge in [0.2, 0.25) is 0 Å². The lowest BCUT2D eigenvalue weighted by Gasteiger charge is -2.34. The van der Waals surface area contributed by atoms with Gasteiger partial charge in [0.05, 0.1) is 12.1 Å². The zero-order chi connectivity index (χ0) is 23.2. The van der Waals surface area contributed by atoms with Gasteiger partial charge in [-0.1, -0.05) is 12.1 Å². The Bertz CT molecular complexity index is 1080. The van der Waals surface area contributed by atoms with Crippen molar-refractivity contribution in [2.45, 2.75) is 13.0 Å². The van der Waals surface area contributed by atoms with Gasteiger partial charge < -0.3 is 20.9 Å². The van der Waals surface area contributed by atoms with Crippen molar-refractivity contribution in [3.63, 3.8) is 0 Å². The molecule has 1 aliphatic heterocycles. The lowest BCUT2D eigenvalue weighted by atomic mass is 10.1. The number of hydrogen-bond acceptors (Lipinski definition) is 7. The Morgan fingerprint density at radius 3 is 2.48 bits per heavy atom. The summed E-state index contributed by atoms with van der Waals surface area (Å²) in [5.41, 5.74) is 8.04. The molecule has 0 radical (unpaired) electrons. The van der Waals surface area contributed by atoms with Gasteiger partial charge in [0.25, 0.3) is 5.91 Å². The predicted molar refractivity (Wildman–Crippen MR) is 133 cm³/mol. The summed E-state index contributed by atoms with van der Waals surface area (Å²) in [4.78, 5) is 28.8. The van der Waals surface area contributed by atoms with Crippen LogP contribution in [0.15, 0.2) is 48.5 Å². The summed E-state index contributed by atoms with van der Waals surface area (Å²) in [7, 11) is 4.17. The Hall–Kier alpha value is -3.23. The third-order valence-corrected chi connectivity index (χ3v) is 5.91. The van der Waals surface area contributed by atoms with Gasteiger partial charge in [0.15, 0.2) is 0 Å². The minimum Gasteiger partial charge on any atom is -0.399 e. The molecule has 8 nitrogen and oxygen atoms in total. The standard InChI is InChI=1S/C25H33N7O/c1-30(2)13-5-12-27-24-21-6-3-4-7-22(21)28-23(29-24)18-31-14-16-32(17-15-31)25(33)19-8-10-20(26)11-9-19/h3-4,6-11H,5,12-18,26H2,1-2H3,(H,27,28,29). The SMILES string of the molecule is CN(C)CCCNc1nc(CN2CCN(C(=O)c3ccc(N)cc3)CC2)nc2ccccc12. The van der Waals surface area contributed by atoms with Gasteiger partial charge in [0.1, 0.15) is 11.6 Å². The summed E-state index contributed by atoms with van der Waals surface area (Å²) in [6, 6.07) is 15.3.